The Bertz CT molecular complexity index is 1850. The van der Waals surface area contributed by atoms with Crippen LogP contribution >= 0.6 is 23.2 Å². The molecule has 2 aliphatic heterocycles. The summed E-state index contributed by atoms with van der Waals surface area (Å²) in [6.45, 7) is 1.75. The predicted octanol–water partition coefficient (Wildman–Crippen LogP) is 5.71. The van der Waals surface area contributed by atoms with Crippen molar-refractivity contribution in [1.82, 2.24) is 29.8 Å². The molecule has 0 saturated carbocycles. The Kier molecular flexibility index (Phi) is 7.84. The van der Waals surface area contributed by atoms with Crippen molar-refractivity contribution in [2.24, 2.45) is 0 Å². The molecule has 7 rings (SSSR count). The van der Waals surface area contributed by atoms with Gasteiger partial charge in [-0.1, -0.05) is 64.8 Å². The van der Waals surface area contributed by atoms with Crippen LogP contribution < -0.4 is 0 Å². The second-order valence-corrected chi connectivity index (χ2v) is 11.4. The van der Waals surface area contributed by atoms with Gasteiger partial charge in [0.05, 0.1) is 28.5 Å². The second kappa shape index (κ2) is 11.8. The Morgan fingerprint density at radius 1 is 0.978 bits per heavy atom. The first-order valence-corrected chi connectivity index (χ1v) is 14.6. The average molecular weight is 659 g/mol. The van der Waals surface area contributed by atoms with Gasteiger partial charge in [-0.25, -0.2) is 27.5 Å². The Hall–Kier alpha value is -3.85. The third-order valence-corrected chi connectivity index (χ3v) is 8.51. The predicted molar refractivity (Wildman–Crippen MR) is 154 cm³/mol. The van der Waals surface area contributed by atoms with Gasteiger partial charge in [-0.3, -0.25) is 0 Å². The molecule has 0 bridgehead atoms. The second-order valence-electron chi connectivity index (χ2n) is 10.6. The van der Waals surface area contributed by atoms with E-state index in [1.807, 2.05) is 30.3 Å². The molecular weight excluding hydrogens is 636 g/mol. The summed E-state index contributed by atoms with van der Waals surface area (Å²) in [5.74, 6) is -3.75. The van der Waals surface area contributed by atoms with Crippen molar-refractivity contribution < 1.29 is 32.5 Å². The van der Waals surface area contributed by atoms with Crippen molar-refractivity contribution in [2.75, 3.05) is 6.61 Å². The van der Waals surface area contributed by atoms with Crippen molar-refractivity contribution >= 4 is 23.2 Å². The highest BCUT2D eigenvalue weighted by molar-refractivity contribution is 6.43. The fraction of sp³-hybridized carbons (Fsp3) is 0.267. The molecule has 6 atom stereocenters. The molecule has 2 aliphatic rings. The molecular formula is C30H23Cl2F3N6O4. The van der Waals surface area contributed by atoms with Crippen LogP contribution in [0, 0.1) is 24.4 Å². The summed E-state index contributed by atoms with van der Waals surface area (Å²) in [7, 11) is 0. The maximum absolute atomic E-state index is 14.1. The third kappa shape index (κ3) is 5.39. The van der Waals surface area contributed by atoms with Gasteiger partial charge in [0.1, 0.15) is 42.0 Å². The van der Waals surface area contributed by atoms with Gasteiger partial charge in [-0.05, 0) is 31.2 Å². The first kappa shape index (κ1) is 29.8. The lowest BCUT2D eigenvalue weighted by molar-refractivity contribution is -0.319. The van der Waals surface area contributed by atoms with Crippen LogP contribution in [-0.4, -0.2) is 59.8 Å². The van der Waals surface area contributed by atoms with Crippen LogP contribution in [0.4, 0.5) is 13.2 Å². The van der Waals surface area contributed by atoms with E-state index >= 15 is 0 Å². The number of aromatic nitrogens is 6. The van der Waals surface area contributed by atoms with E-state index in [4.69, 9.17) is 37.4 Å². The lowest BCUT2D eigenvalue weighted by atomic mass is 9.91. The molecule has 1 N–H and O–H groups in total. The molecule has 15 heteroatoms. The summed E-state index contributed by atoms with van der Waals surface area (Å²) in [6, 6.07) is 14.9. The van der Waals surface area contributed by atoms with Crippen LogP contribution in [0.1, 0.15) is 35.6 Å². The Morgan fingerprint density at radius 2 is 1.73 bits per heavy atom. The Morgan fingerprint density at radius 3 is 2.49 bits per heavy atom. The number of aryl methyl sites for hydroxylation is 1. The number of benzene rings is 3. The molecule has 10 nitrogen and oxygen atoms in total. The van der Waals surface area contributed by atoms with E-state index in [0.29, 0.717) is 16.5 Å². The van der Waals surface area contributed by atoms with Crippen molar-refractivity contribution in [1.29, 1.82) is 0 Å². The highest BCUT2D eigenvalue weighted by atomic mass is 35.5. The summed E-state index contributed by atoms with van der Waals surface area (Å²) < 4.78 is 63.3. The van der Waals surface area contributed by atoms with Gasteiger partial charge in [0.15, 0.2) is 29.6 Å². The van der Waals surface area contributed by atoms with Crippen LogP contribution in [-0.2, 0) is 14.2 Å². The molecule has 2 fully saturated rings. The van der Waals surface area contributed by atoms with E-state index in [2.05, 4.69) is 20.4 Å². The number of halogens is 5. The molecule has 0 spiro atoms. The van der Waals surface area contributed by atoms with Crippen LogP contribution in [0.25, 0.3) is 16.9 Å². The number of hydrogen-bond donors (Lipinski definition) is 1. The average Bonchev–Trinajstić information content (AvgIpc) is 3.68. The van der Waals surface area contributed by atoms with Crippen molar-refractivity contribution in [3.63, 3.8) is 0 Å². The number of hydrogen-bond acceptors (Lipinski definition) is 8. The quantitative estimate of drug-likeness (QED) is 0.239. The number of aliphatic hydroxyl groups is 1. The fourth-order valence-electron chi connectivity index (χ4n) is 5.62. The minimum atomic E-state index is -1.60. The van der Waals surface area contributed by atoms with Crippen molar-refractivity contribution in [2.45, 2.75) is 43.7 Å². The number of ether oxygens (including phenoxy) is 3. The molecule has 3 aromatic carbocycles. The fourth-order valence-corrected chi connectivity index (χ4v) is 5.99. The zero-order valence-electron chi connectivity index (χ0n) is 23.3. The first-order chi connectivity index (χ1) is 21.7. The zero-order valence-corrected chi connectivity index (χ0v) is 24.8. The molecule has 2 saturated heterocycles. The van der Waals surface area contributed by atoms with Gasteiger partial charge in [0.25, 0.3) is 0 Å². The number of nitrogens with zero attached hydrogens (tertiary/aromatic N) is 6. The maximum atomic E-state index is 14.1. The highest BCUT2D eigenvalue weighted by Crippen LogP contribution is 2.44. The molecule has 0 radical (unpaired) electrons. The molecule has 2 aromatic heterocycles. The van der Waals surface area contributed by atoms with Gasteiger partial charge in [-0.2, -0.15) is 5.10 Å². The summed E-state index contributed by atoms with van der Waals surface area (Å²) >= 11 is 12.8. The molecule has 0 unspecified atom stereocenters. The van der Waals surface area contributed by atoms with Crippen LogP contribution in [0.2, 0.25) is 10.0 Å². The van der Waals surface area contributed by atoms with E-state index < -0.39 is 54.2 Å². The molecule has 5 aromatic rings. The number of rotatable bonds is 5. The normalized spacial score (nSPS) is 24.9. The molecule has 4 heterocycles. The number of fused-ring (bicyclic) bond motifs is 1. The lowest BCUT2D eigenvalue weighted by Crippen LogP contribution is -2.57. The smallest absolute Gasteiger partial charge is 0.194 e. The van der Waals surface area contributed by atoms with Crippen LogP contribution in [0.5, 0.6) is 0 Å². The maximum Gasteiger partial charge on any atom is 0.194 e. The summed E-state index contributed by atoms with van der Waals surface area (Å²) in [5.41, 5.74) is 1.15. The van der Waals surface area contributed by atoms with Gasteiger partial charge in [0, 0.05) is 11.1 Å². The van der Waals surface area contributed by atoms with Gasteiger partial charge in [0.2, 0.25) is 0 Å². The zero-order chi connectivity index (χ0) is 31.4. The third-order valence-electron chi connectivity index (χ3n) is 7.70. The van der Waals surface area contributed by atoms with E-state index in [9.17, 15) is 18.3 Å². The standard InChI is InChI=1S/C30H23Cl2F3N6O4/c1-14-36-29(41(38-14)21-9-5-8-17(31)23(21)32)28-26(42)25(27-22(44-28)13-43-30(45-27)15-6-3-2-4-7-15)40-12-20(37-39-40)16-10-18(33)24(35)19(34)11-16/h2-12,22,25-28,30,42H,13H2,1H3/t22-,25-,26-,27+,28-,30+/m1/s1. The van der Waals surface area contributed by atoms with Crippen molar-refractivity contribution in [3.8, 4) is 16.9 Å². The SMILES string of the molecule is Cc1nc([C@@H]2O[C@@H]3CO[C@H](c4ccccc4)O[C@@H]3[C@H](n3cc(-c4cc(F)c(F)c(F)c4)nn3)[C@H]2O)n(-c2cccc(Cl)c2Cl)n1. The minimum Gasteiger partial charge on any atom is -0.388 e. The molecule has 0 aliphatic carbocycles. The van der Waals surface area contributed by atoms with Crippen molar-refractivity contribution in [3.05, 3.63) is 112 Å². The summed E-state index contributed by atoms with van der Waals surface area (Å²) in [6.07, 6.45) is -3.46. The van der Waals surface area contributed by atoms with Crippen LogP contribution in [0.15, 0.2) is 66.9 Å². The molecule has 232 valence electrons. The highest BCUT2D eigenvalue weighted by Gasteiger charge is 2.52. The van der Waals surface area contributed by atoms with Gasteiger partial charge >= 0.3 is 0 Å². The summed E-state index contributed by atoms with van der Waals surface area (Å²) in [5, 5.41) is 25.2. The van der Waals surface area contributed by atoms with Crippen LogP contribution in [0.3, 0.4) is 0 Å². The first-order valence-electron chi connectivity index (χ1n) is 13.8. The Balaban J connectivity index is 1.30. The number of aliphatic hydroxyl groups excluding tert-OH is 1. The monoisotopic (exact) mass is 658 g/mol. The van der Waals surface area contributed by atoms with Gasteiger partial charge in [-0.15, -0.1) is 5.10 Å². The van der Waals surface area contributed by atoms with E-state index in [1.54, 1.807) is 25.1 Å². The van der Waals surface area contributed by atoms with E-state index in [0.717, 1.165) is 17.7 Å². The van der Waals surface area contributed by atoms with Gasteiger partial charge < -0.3 is 19.3 Å². The molecule has 0 amide bonds. The van der Waals surface area contributed by atoms with E-state index in [1.165, 1.54) is 15.6 Å². The van der Waals surface area contributed by atoms with E-state index in [-0.39, 0.29) is 28.7 Å². The topological polar surface area (TPSA) is 109 Å². The summed E-state index contributed by atoms with van der Waals surface area (Å²) in [4.78, 5) is 4.56. The minimum absolute atomic E-state index is 0.0379. The largest absolute Gasteiger partial charge is 0.388 e. The molecule has 45 heavy (non-hydrogen) atoms. The Labute approximate surface area is 263 Å². The lowest BCUT2D eigenvalue weighted by Gasteiger charge is -2.47.